The molecule has 0 atom stereocenters. The van der Waals surface area contributed by atoms with Gasteiger partial charge in [-0.05, 0) is 90.3 Å². The van der Waals surface area contributed by atoms with Crippen LogP contribution in [-0.4, -0.2) is 9.97 Å². The van der Waals surface area contributed by atoms with E-state index in [9.17, 15) is 0 Å². The maximum atomic E-state index is 7.16. The smallest absolute Gasteiger partial charge is 0.143 e. The molecule has 0 saturated carbocycles. The van der Waals surface area contributed by atoms with E-state index in [4.69, 9.17) is 14.4 Å². The molecule has 10 aromatic carbocycles. The lowest BCUT2D eigenvalue weighted by atomic mass is 9.82. The summed E-state index contributed by atoms with van der Waals surface area (Å²) >= 11 is 0. The zero-order valence-electron chi connectivity index (χ0n) is 34.3. The van der Waals surface area contributed by atoms with Crippen LogP contribution in [0.2, 0.25) is 0 Å². The summed E-state index contributed by atoms with van der Waals surface area (Å²) in [6, 6.07) is 67.9. The Hall–Kier alpha value is -7.88. The Morgan fingerprint density at radius 1 is 0.387 bits per heavy atom. The fourth-order valence-corrected chi connectivity index (χ4v) is 10.5. The Bertz CT molecular complexity index is 3820. The number of aromatic nitrogens is 2. The Morgan fingerprint density at radius 3 is 1.79 bits per heavy atom. The zero-order chi connectivity index (χ0) is 41.1. The highest BCUT2D eigenvalue weighted by Crippen LogP contribution is 2.51. The lowest BCUT2D eigenvalue weighted by molar-refractivity contribution is 0.660. The molecular formula is C59H38N2O. The molecule has 3 heteroatoms. The molecule has 0 bridgehead atoms. The predicted molar refractivity (Wildman–Crippen MR) is 259 cm³/mol. The minimum absolute atomic E-state index is 0.0573. The summed E-state index contributed by atoms with van der Waals surface area (Å²) in [4.78, 5) is 10.3. The minimum Gasteiger partial charge on any atom is -0.455 e. The molecule has 290 valence electrons. The SMILES string of the molecule is CC1(C)c2ccccc2-c2cc(-c3c4ccccc4cc4c3oc3c(-c5cccc(-c6cccc(-c7cnc8c9ccccc9c9ccccc9c8n7)c6)c5)cccc34)ccc21. The average Bonchev–Trinajstić information content (AvgIpc) is 3.81. The maximum Gasteiger partial charge on any atom is 0.143 e. The van der Waals surface area contributed by atoms with Crippen molar-refractivity contribution < 1.29 is 4.42 Å². The summed E-state index contributed by atoms with van der Waals surface area (Å²) in [5.41, 5.74) is 17.5. The van der Waals surface area contributed by atoms with Crippen LogP contribution in [0, 0.1) is 0 Å². The van der Waals surface area contributed by atoms with E-state index in [0.717, 1.165) is 88.4 Å². The van der Waals surface area contributed by atoms with Gasteiger partial charge in [-0.2, -0.15) is 0 Å². The number of furan rings is 1. The van der Waals surface area contributed by atoms with Crippen molar-refractivity contribution in [2.75, 3.05) is 0 Å². The van der Waals surface area contributed by atoms with Crippen molar-refractivity contribution in [3.63, 3.8) is 0 Å². The molecule has 0 radical (unpaired) electrons. The van der Waals surface area contributed by atoms with Gasteiger partial charge in [0, 0.05) is 43.7 Å². The highest BCUT2D eigenvalue weighted by Gasteiger charge is 2.35. The van der Waals surface area contributed by atoms with Gasteiger partial charge in [0.05, 0.1) is 22.9 Å². The summed E-state index contributed by atoms with van der Waals surface area (Å²) in [7, 11) is 0. The Kier molecular flexibility index (Phi) is 7.36. The lowest BCUT2D eigenvalue weighted by Crippen LogP contribution is -2.14. The van der Waals surface area contributed by atoms with Gasteiger partial charge in [-0.1, -0.05) is 178 Å². The van der Waals surface area contributed by atoms with Crippen LogP contribution in [0.4, 0.5) is 0 Å². The van der Waals surface area contributed by atoms with Crippen molar-refractivity contribution in [2.24, 2.45) is 0 Å². The van der Waals surface area contributed by atoms with Crippen LogP contribution in [0.5, 0.6) is 0 Å². The first-order valence-corrected chi connectivity index (χ1v) is 21.4. The molecule has 13 rings (SSSR count). The fraction of sp³-hybridized carbons (Fsp3) is 0.0508. The van der Waals surface area contributed by atoms with Crippen molar-refractivity contribution in [1.82, 2.24) is 9.97 Å². The molecule has 1 aliphatic rings. The average molecular weight is 791 g/mol. The highest BCUT2D eigenvalue weighted by atomic mass is 16.3. The quantitative estimate of drug-likeness (QED) is 0.167. The van der Waals surface area contributed by atoms with E-state index < -0.39 is 0 Å². The number of fused-ring (bicyclic) bond motifs is 13. The third kappa shape index (κ3) is 5.06. The molecule has 3 nitrogen and oxygen atoms in total. The van der Waals surface area contributed by atoms with E-state index in [-0.39, 0.29) is 5.41 Å². The third-order valence-electron chi connectivity index (χ3n) is 13.5. The topological polar surface area (TPSA) is 38.9 Å². The first kappa shape index (κ1) is 34.9. The van der Waals surface area contributed by atoms with Crippen molar-refractivity contribution in [2.45, 2.75) is 19.3 Å². The fourth-order valence-electron chi connectivity index (χ4n) is 10.5. The lowest BCUT2D eigenvalue weighted by Gasteiger charge is -2.21. The first-order valence-electron chi connectivity index (χ1n) is 21.4. The molecule has 2 heterocycles. The van der Waals surface area contributed by atoms with Gasteiger partial charge >= 0.3 is 0 Å². The standard InChI is InChI=1S/C59H38N2O/c1-59(2)51-27-10-9-22-45(51)49-33-40(28-29-52(49)59)54-41-19-4-3-14-38(41)32-50-48-26-13-25-42(57(48)62-58(50)54)37-17-11-15-35(30-37)36-16-12-18-39(31-36)53-34-60-55-46-23-7-5-20-43(46)44-21-6-8-24-47(44)56(55)61-53/h3-34H,1-2H3. The number of para-hydroxylation sites is 1. The van der Waals surface area contributed by atoms with Crippen molar-refractivity contribution in [3.8, 4) is 55.8 Å². The molecule has 0 amide bonds. The Balaban J connectivity index is 0.937. The zero-order valence-corrected chi connectivity index (χ0v) is 34.3. The van der Waals surface area contributed by atoms with Crippen molar-refractivity contribution in [3.05, 3.63) is 205 Å². The molecule has 62 heavy (non-hydrogen) atoms. The normalized spacial score (nSPS) is 13.1. The van der Waals surface area contributed by atoms with Gasteiger partial charge in [-0.25, -0.2) is 4.98 Å². The summed E-state index contributed by atoms with van der Waals surface area (Å²) in [5.74, 6) is 0. The summed E-state index contributed by atoms with van der Waals surface area (Å²) < 4.78 is 7.16. The van der Waals surface area contributed by atoms with Gasteiger partial charge < -0.3 is 4.42 Å². The van der Waals surface area contributed by atoms with E-state index in [1.165, 1.54) is 43.8 Å². The van der Waals surface area contributed by atoms with E-state index in [2.05, 4.69) is 202 Å². The molecule has 0 fully saturated rings. The molecule has 0 spiro atoms. The van der Waals surface area contributed by atoms with Gasteiger partial charge in [0.25, 0.3) is 0 Å². The van der Waals surface area contributed by atoms with Crippen LogP contribution in [0.1, 0.15) is 25.0 Å². The predicted octanol–water partition coefficient (Wildman–Crippen LogP) is 16.0. The van der Waals surface area contributed by atoms with E-state index in [0.29, 0.717) is 0 Å². The third-order valence-corrected chi connectivity index (χ3v) is 13.5. The van der Waals surface area contributed by atoms with Crippen LogP contribution in [0.3, 0.4) is 0 Å². The summed E-state index contributed by atoms with van der Waals surface area (Å²) in [6.07, 6.45) is 1.92. The molecule has 0 aliphatic heterocycles. The van der Waals surface area contributed by atoms with Gasteiger partial charge in [-0.3, -0.25) is 4.98 Å². The first-order chi connectivity index (χ1) is 30.5. The molecule has 0 unspecified atom stereocenters. The number of benzene rings is 10. The van der Waals surface area contributed by atoms with E-state index in [1.807, 2.05) is 6.20 Å². The molecule has 0 N–H and O–H groups in total. The minimum atomic E-state index is -0.0573. The van der Waals surface area contributed by atoms with Crippen LogP contribution in [-0.2, 0) is 5.41 Å². The highest BCUT2D eigenvalue weighted by molar-refractivity contribution is 6.23. The van der Waals surface area contributed by atoms with Gasteiger partial charge in [0.2, 0.25) is 0 Å². The van der Waals surface area contributed by atoms with Crippen LogP contribution < -0.4 is 0 Å². The van der Waals surface area contributed by atoms with E-state index >= 15 is 0 Å². The molecule has 1 aliphatic carbocycles. The Morgan fingerprint density at radius 2 is 0.984 bits per heavy atom. The van der Waals surface area contributed by atoms with Crippen LogP contribution >= 0.6 is 0 Å². The maximum absolute atomic E-state index is 7.16. The molecular weight excluding hydrogens is 753 g/mol. The number of hydrogen-bond donors (Lipinski definition) is 0. The summed E-state index contributed by atoms with van der Waals surface area (Å²) in [5, 5.41) is 9.23. The second-order valence-corrected chi connectivity index (χ2v) is 17.3. The monoisotopic (exact) mass is 790 g/mol. The molecule has 12 aromatic rings. The van der Waals surface area contributed by atoms with Gasteiger partial charge in [0.15, 0.2) is 0 Å². The van der Waals surface area contributed by atoms with Crippen molar-refractivity contribution in [1.29, 1.82) is 0 Å². The number of hydrogen-bond acceptors (Lipinski definition) is 3. The second kappa shape index (κ2) is 13.1. The second-order valence-electron chi connectivity index (χ2n) is 17.3. The van der Waals surface area contributed by atoms with Crippen LogP contribution in [0.15, 0.2) is 199 Å². The summed E-state index contributed by atoms with van der Waals surface area (Å²) in [6.45, 7) is 4.67. The molecule has 2 aromatic heterocycles. The largest absolute Gasteiger partial charge is 0.455 e. The van der Waals surface area contributed by atoms with Crippen molar-refractivity contribution >= 4 is 65.3 Å². The molecule has 0 saturated heterocycles. The number of rotatable bonds is 4. The van der Waals surface area contributed by atoms with Gasteiger partial charge in [0.1, 0.15) is 11.2 Å². The van der Waals surface area contributed by atoms with Crippen LogP contribution in [0.25, 0.3) is 121 Å². The Labute approximate surface area is 358 Å². The van der Waals surface area contributed by atoms with Gasteiger partial charge in [-0.15, -0.1) is 0 Å². The van der Waals surface area contributed by atoms with E-state index in [1.54, 1.807) is 0 Å². The number of nitrogens with zero attached hydrogens (tertiary/aromatic N) is 2.